The second-order valence-electron chi connectivity index (χ2n) is 3.77. The van der Waals surface area contributed by atoms with E-state index in [9.17, 15) is 13.2 Å². The number of hydrogen-bond acceptors (Lipinski definition) is 3. The highest BCUT2D eigenvalue weighted by molar-refractivity contribution is 5.85. The lowest BCUT2D eigenvalue weighted by atomic mass is 10.0. The van der Waals surface area contributed by atoms with Gasteiger partial charge >= 0.3 is 6.18 Å². The van der Waals surface area contributed by atoms with Gasteiger partial charge in [-0.2, -0.15) is 13.2 Å². The summed E-state index contributed by atoms with van der Waals surface area (Å²) >= 11 is 0. The molecule has 0 spiro atoms. The third kappa shape index (κ3) is 5.57. The molecule has 0 aliphatic heterocycles. The summed E-state index contributed by atoms with van der Waals surface area (Å²) in [6.07, 6.45) is -5.35. The lowest BCUT2D eigenvalue weighted by Crippen LogP contribution is -2.20. The molecule has 0 radical (unpaired) electrons. The summed E-state index contributed by atoms with van der Waals surface area (Å²) < 4.78 is 47.0. The van der Waals surface area contributed by atoms with Crippen LogP contribution in [-0.4, -0.2) is 19.9 Å². The SMILES string of the molecule is CCOc1ccc([C@H](N)CC(F)(F)F)cc1OC.Cl. The Kier molecular flexibility index (Phi) is 7.00. The minimum absolute atomic E-state index is 0. The van der Waals surface area contributed by atoms with Gasteiger partial charge in [-0.3, -0.25) is 0 Å². The van der Waals surface area contributed by atoms with Gasteiger partial charge < -0.3 is 15.2 Å². The van der Waals surface area contributed by atoms with Crippen molar-refractivity contribution in [1.82, 2.24) is 0 Å². The molecule has 0 bridgehead atoms. The van der Waals surface area contributed by atoms with E-state index in [4.69, 9.17) is 15.2 Å². The molecular formula is C12H17ClF3NO2. The molecule has 0 unspecified atom stereocenters. The Labute approximate surface area is 116 Å². The number of benzene rings is 1. The maximum atomic E-state index is 12.2. The molecule has 0 aliphatic carbocycles. The molecule has 2 N–H and O–H groups in total. The first kappa shape index (κ1) is 17.9. The Bertz CT molecular complexity index is 399. The van der Waals surface area contributed by atoms with Crippen LogP contribution in [0, 0.1) is 0 Å². The molecule has 0 aromatic heterocycles. The van der Waals surface area contributed by atoms with E-state index in [1.165, 1.54) is 19.2 Å². The molecule has 1 rings (SSSR count). The third-order valence-electron chi connectivity index (χ3n) is 2.37. The lowest BCUT2D eigenvalue weighted by Gasteiger charge is -2.16. The molecule has 0 aliphatic rings. The summed E-state index contributed by atoms with van der Waals surface area (Å²) in [6, 6.07) is 3.45. The summed E-state index contributed by atoms with van der Waals surface area (Å²) in [5, 5.41) is 0. The predicted octanol–water partition coefficient (Wildman–Crippen LogP) is 3.47. The van der Waals surface area contributed by atoms with Crippen molar-refractivity contribution in [3.8, 4) is 11.5 Å². The van der Waals surface area contributed by atoms with Crippen LogP contribution in [0.5, 0.6) is 11.5 Å². The van der Waals surface area contributed by atoms with Crippen LogP contribution in [0.4, 0.5) is 13.2 Å². The zero-order chi connectivity index (χ0) is 13.8. The Morgan fingerprint density at radius 3 is 2.37 bits per heavy atom. The largest absolute Gasteiger partial charge is 0.493 e. The van der Waals surface area contributed by atoms with Crippen LogP contribution in [-0.2, 0) is 0 Å². The molecule has 1 aromatic carbocycles. The smallest absolute Gasteiger partial charge is 0.390 e. The fourth-order valence-corrected chi connectivity index (χ4v) is 1.56. The van der Waals surface area contributed by atoms with E-state index in [-0.39, 0.29) is 12.4 Å². The van der Waals surface area contributed by atoms with Crippen LogP contribution in [0.1, 0.15) is 24.9 Å². The van der Waals surface area contributed by atoms with E-state index in [0.29, 0.717) is 23.7 Å². The molecule has 0 amide bonds. The fourth-order valence-electron chi connectivity index (χ4n) is 1.56. The molecule has 0 saturated heterocycles. The maximum Gasteiger partial charge on any atom is 0.390 e. The van der Waals surface area contributed by atoms with E-state index in [1.54, 1.807) is 6.07 Å². The molecule has 0 saturated carbocycles. The van der Waals surface area contributed by atoms with Gasteiger partial charge in [-0.25, -0.2) is 0 Å². The van der Waals surface area contributed by atoms with Crippen LogP contribution in [0.2, 0.25) is 0 Å². The predicted molar refractivity (Wildman–Crippen MR) is 69.0 cm³/mol. The fraction of sp³-hybridized carbons (Fsp3) is 0.500. The molecule has 110 valence electrons. The Balaban J connectivity index is 0.00000324. The zero-order valence-electron chi connectivity index (χ0n) is 10.7. The van der Waals surface area contributed by atoms with Gasteiger partial charge in [-0.1, -0.05) is 6.07 Å². The van der Waals surface area contributed by atoms with Gasteiger partial charge in [-0.05, 0) is 24.6 Å². The Morgan fingerprint density at radius 2 is 1.89 bits per heavy atom. The van der Waals surface area contributed by atoms with Gasteiger partial charge in [-0.15, -0.1) is 12.4 Å². The zero-order valence-corrected chi connectivity index (χ0v) is 11.5. The number of methoxy groups -OCH3 is 1. The Hall–Kier alpha value is -1.14. The van der Waals surface area contributed by atoms with Crippen LogP contribution >= 0.6 is 12.4 Å². The minimum Gasteiger partial charge on any atom is -0.493 e. The van der Waals surface area contributed by atoms with Gasteiger partial charge in [0.2, 0.25) is 0 Å². The van der Waals surface area contributed by atoms with Crippen molar-refractivity contribution >= 4 is 12.4 Å². The van der Waals surface area contributed by atoms with E-state index in [1.807, 2.05) is 6.92 Å². The van der Waals surface area contributed by atoms with E-state index in [2.05, 4.69) is 0 Å². The molecule has 1 atom stereocenters. The molecule has 7 heteroatoms. The van der Waals surface area contributed by atoms with Crippen molar-refractivity contribution in [3.05, 3.63) is 23.8 Å². The standard InChI is InChI=1S/C12H16F3NO2.ClH/c1-3-18-10-5-4-8(6-11(10)17-2)9(16)7-12(13,14)15;/h4-6,9H,3,7,16H2,1-2H3;1H/t9-;/m1./s1. The summed E-state index contributed by atoms with van der Waals surface area (Å²) in [4.78, 5) is 0. The number of halogens is 4. The van der Waals surface area contributed by atoms with Crippen molar-refractivity contribution < 1.29 is 22.6 Å². The third-order valence-corrected chi connectivity index (χ3v) is 2.37. The van der Waals surface area contributed by atoms with Crippen molar-refractivity contribution in [3.63, 3.8) is 0 Å². The molecular weight excluding hydrogens is 283 g/mol. The summed E-state index contributed by atoms with van der Waals surface area (Å²) in [7, 11) is 1.43. The molecule has 3 nitrogen and oxygen atoms in total. The number of nitrogens with two attached hydrogens (primary N) is 1. The number of alkyl halides is 3. The molecule has 19 heavy (non-hydrogen) atoms. The van der Waals surface area contributed by atoms with Crippen molar-refractivity contribution in [2.24, 2.45) is 5.73 Å². The van der Waals surface area contributed by atoms with Gasteiger partial charge in [0.25, 0.3) is 0 Å². The van der Waals surface area contributed by atoms with Crippen LogP contribution in [0.15, 0.2) is 18.2 Å². The monoisotopic (exact) mass is 299 g/mol. The normalized spacial score (nSPS) is 12.5. The van der Waals surface area contributed by atoms with Crippen molar-refractivity contribution in [2.75, 3.05) is 13.7 Å². The molecule has 0 fully saturated rings. The topological polar surface area (TPSA) is 44.5 Å². The first-order valence-electron chi connectivity index (χ1n) is 5.50. The number of rotatable bonds is 5. The quantitative estimate of drug-likeness (QED) is 0.905. The van der Waals surface area contributed by atoms with Crippen LogP contribution < -0.4 is 15.2 Å². The second-order valence-corrected chi connectivity index (χ2v) is 3.77. The highest BCUT2D eigenvalue weighted by Gasteiger charge is 2.31. The van der Waals surface area contributed by atoms with Gasteiger partial charge in [0.15, 0.2) is 11.5 Å². The van der Waals surface area contributed by atoms with Crippen molar-refractivity contribution in [1.29, 1.82) is 0 Å². The maximum absolute atomic E-state index is 12.2. The average molecular weight is 300 g/mol. The summed E-state index contributed by atoms with van der Waals surface area (Å²) in [5.41, 5.74) is 5.88. The lowest BCUT2D eigenvalue weighted by molar-refractivity contribution is -0.138. The Morgan fingerprint density at radius 1 is 1.26 bits per heavy atom. The first-order valence-corrected chi connectivity index (χ1v) is 5.50. The molecule has 1 aromatic rings. The van der Waals surface area contributed by atoms with E-state index < -0.39 is 18.6 Å². The van der Waals surface area contributed by atoms with Crippen LogP contribution in [0.3, 0.4) is 0 Å². The summed E-state index contributed by atoms with van der Waals surface area (Å²) in [6.45, 7) is 2.26. The highest BCUT2D eigenvalue weighted by atomic mass is 35.5. The number of ether oxygens (including phenoxy) is 2. The van der Waals surface area contributed by atoms with E-state index in [0.717, 1.165) is 0 Å². The molecule has 0 heterocycles. The second kappa shape index (κ2) is 7.45. The van der Waals surface area contributed by atoms with Gasteiger partial charge in [0, 0.05) is 6.04 Å². The minimum atomic E-state index is -4.29. The first-order chi connectivity index (χ1) is 8.37. The van der Waals surface area contributed by atoms with Gasteiger partial charge in [0.1, 0.15) is 0 Å². The van der Waals surface area contributed by atoms with Gasteiger partial charge in [0.05, 0.1) is 20.1 Å². The summed E-state index contributed by atoms with van der Waals surface area (Å²) in [5.74, 6) is 0.870. The van der Waals surface area contributed by atoms with Crippen LogP contribution in [0.25, 0.3) is 0 Å². The average Bonchev–Trinajstić information content (AvgIpc) is 2.27. The van der Waals surface area contributed by atoms with Crippen molar-refractivity contribution in [2.45, 2.75) is 25.6 Å². The number of hydrogen-bond donors (Lipinski definition) is 1. The van der Waals surface area contributed by atoms with E-state index >= 15 is 0 Å². The highest BCUT2D eigenvalue weighted by Crippen LogP contribution is 2.33.